The molecule has 0 fully saturated rings. The Bertz CT molecular complexity index is 1330. The third-order valence-electron chi connectivity index (χ3n) is 6.24. The molecule has 0 aromatic heterocycles. The van der Waals surface area contributed by atoms with E-state index in [0.717, 1.165) is 54.6 Å². The number of aryl methyl sites for hydroxylation is 2. The van der Waals surface area contributed by atoms with E-state index in [1.165, 1.54) is 35.4 Å². The molecule has 0 saturated heterocycles. The van der Waals surface area contributed by atoms with Gasteiger partial charge >= 0.3 is 0 Å². The molecule has 0 heterocycles. The van der Waals surface area contributed by atoms with Gasteiger partial charge in [-0.25, -0.2) is 0 Å². The van der Waals surface area contributed by atoms with Gasteiger partial charge in [-0.05, 0) is 96.5 Å². The molecular weight excluding hydrogens is 492 g/mol. The summed E-state index contributed by atoms with van der Waals surface area (Å²) in [6.45, 7) is 0. The summed E-state index contributed by atoms with van der Waals surface area (Å²) >= 11 is 0. The first-order valence-electron chi connectivity index (χ1n) is 12.7. The zero-order valence-corrected chi connectivity index (χ0v) is 21.3. The number of benzene rings is 4. The summed E-state index contributed by atoms with van der Waals surface area (Å²) in [6, 6.07) is 29.0. The zero-order valence-electron chi connectivity index (χ0n) is 21.3. The normalized spacial score (nSPS) is 11.3. The van der Waals surface area contributed by atoms with Gasteiger partial charge < -0.3 is 0 Å². The maximum Gasteiger partial charge on any atom is 0.269 e. The SMILES string of the molecule is O=[N+]([O-])c1ccc(C=Nc2ccc(CCCCCc3ccc(N=Cc4ccc([N+](=O)[O-])cc4)cc3)cc2)cc1. The van der Waals surface area contributed by atoms with Crippen LogP contribution in [0, 0.1) is 20.2 Å². The van der Waals surface area contributed by atoms with Crippen molar-refractivity contribution in [1.29, 1.82) is 0 Å². The van der Waals surface area contributed by atoms with E-state index >= 15 is 0 Å². The van der Waals surface area contributed by atoms with Crippen molar-refractivity contribution < 1.29 is 9.85 Å². The molecule has 196 valence electrons. The van der Waals surface area contributed by atoms with Crippen LogP contribution in [-0.4, -0.2) is 22.3 Å². The van der Waals surface area contributed by atoms with Gasteiger partial charge in [-0.3, -0.25) is 30.2 Å². The predicted molar refractivity (Wildman–Crippen MR) is 155 cm³/mol. The zero-order chi connectivity index (χ0) is 27.5. The molecule has 0 bridgehead atoms. The van der Waals surface area contributed by atoms with E-state index in [4.69, 9.17) is 0 Å². The molecule has 0 atom stereocenters. The molecule has 8 nitrogen and oxygen atoms in total. The summed E-state index contributed by atoms with van der Waals surface area (Å²) in [5.41, 5.74) is 6.01. The van der Waals surface area contributed by atoms with E-state index in [2.05, 4.69) is 34.3 Å². The number of non-ortho nitro benzene ring substituents is 2. The van der Waals surface area contributed by atoms with Gasteiger partial charge in [0.2, 0.25) is 0 Å². The number of nitro groups is 2. The molecule has 4 aromatic rings. The smallest absolute Gasteiger partial charge is 0.258 e. The minimum absolute atomic E-state index is 0.0675. The van der Waals surface area contributed by atoms with E-state index in [1.54, 1.807) is 36.7 Å². The molecule has 0 aliphatic heterocycles. The average Bonchev–Trinajstić information content (AvgIpc) is 2.96. The lowest BCUT2D eigenvalue weighted by Gasteiger charge is -2.04. The van der Waals surface area contributed by atoms with E-state index in [1.807, 2.05) is 24.3 Å². The number of hydrogen-bond donors (Lipinski definition) is 0. The molecule has 0 unspecified atom stereocenters. The maximum absolute atomic E-state index is 10.7. The quantitative estimate of drug-likeness (QED) is 0.0816. The first-order chi connectivity index (χ1) is 19.0. The van der Waals surface area contributed by atoms with Crippen molar-refractivity contribution in [2.75, 3.05) is 0 Å². The summed E-state index contributed by atoms with van der Waals surface area (Å²) in [5, 5.41) is 21.5. The lowest BCUT2D eigenvalue weighted by atomic mass is 10.0. The summed E-state index contributed by atoms with van der Waals surface area (Å²) in [6.07, 6.45) is 8.81. The molecule has 0 spiro atoms. The van der Waals surface area contributed by atoms with Crippen LogP contribution in [0.4, 0.5) is 22.7 Å². The van der Waals surface area contributed by atoms with Crippen LogP contribution in [0.5, 0.6) is 0 Å². The lowest BCUT2D eigenvalue weighted by Crippen LogP contribution is -1.89. The van der Waals surface area contributed by atoms with Gasteiger partial charge in [0, 0.05) is 36.7 Å². The Morgan fingerprint density at radius 3 is 1.21 bits per heavy atom. The minimum atomic E-state index is -0.415. The van der Waals surface area contributed by atoms with Crippen LogP contribution >= 0.6 is 0 Å². The van der Waals surface area contributed by atoms with Gasteiger partial charge in [-0.15, -0.1) is 0 Å². The highest BCUT2D eigenvalue weighted by Gasteiger charge is 2.04. The highest BCUT2D eigenvalue weighted by molar-refractivity contribution is 5.82. The summed E-state index contributed by atoms with van der Waals surface area (Å²) in [7, 11) is 0. The number of unbranched alkanes of at least 4 members (excludes halogenated alkanes) is 2. The second kappa shape index (κ2) is 13.5. The van der Waals surface area contributed by atoms with Crippen molar-refractivity contribution in [2.45, 2.75) is 32.1 Å². The number of hydrogen-bond acceptors (Lipinski definition) is 6. The van der Waals surface area contributed by atoms with E-state index in [-0.39, 0.29) is 11.4 Å². The number of aliphatic imine (C=N–C) groups is 2. The predicted octanol–water partition coefficient (Wildman–Crippen LogP) is 7.96. The third-order valence-corrected chi connectivity index (χ3v) is 6.24. The van der Waals surface area contributed by atoms with Crippen molar-refractivity contribution in [3.63, 3.8) is 0 Å². The van der Waals surface area contributed by atoms with E-state index < -0.39 is 9.85 Å². The van der Waals surface area contributed by atoms with Crippen molar-refractivity contribution in [1.82, 2.24) is 0 Å². The lowest BCUT2D eigenvalue weighted by molar-refractivity contribution is -0.385. The number of rotatable bonds is 12. The maximum atomic E-state index is 10.7. The molecule has 0 aliphatic carbocycles. The van der Waals surface area contributed by atoms with Crippen LogP contribution in [0.15, 0.2) is 107 Å². The topological polar surface area (TPSA) is 111 Å². The van der Waals surface area contributed by atoms with Crippen molar-refractivity contribution in [3.05, 3.63) is 140 Å². The van der Waals surface area contributed by atoms with Crippen molar-refractivity contribution in [3.8, 4) is 0 Å². The average molecular weight is 521 g/mol. The molecule has 8 heteroatoms. The Hall–Kier alpha value is -4.98. The summed E-state index contributed by atoms with van der Waals surface area (Å²) in [4.78, 5) is 29.6. The largest absolute Gasteiger partial charge is 0.269 e. The molecular formula is C31H28N4O4. The standard InChI is InChI=1S/C31H28N4O4/c36-34(37)30-18-10-26(11-19-30)22-32-28-14-6-24(7-15-28)4-2-1-3-5-25-8-16-29(17-9-25)33-23-27-12-20-31(21-13-27)35(38)39/h6-23H,1-5H2. The fraction of sp³-hybridized carbons (Fsp3) is 0.161. The Labute approximate surface area is 226 Å². The monoisotopic (exact) mass is 520 g/mol. The summed E-state index contributed by atoms with van der Waals surface area (Å²) < 4.78 is 0. The molecule has 4 rings (SSSR count). The van der Waals surface area contributed by atoms with E-state index in [0.29, 0.717) is 0 Å². The Kier molecular flexibility index (Phi) is 9.39. The van der Waals surface area contributed by atoms with Gasteiger partial charge in [0.1, 0.15) is 0 Å². The number of nitro benzene ring substituents is 2. The van der Waals surface area contributed by atoms with Gasteiger partial charge in [0.05, 0.1) is 21.2 Å². The summed E-state index contributed by atoms with van der Waals surface area (Å²) in [5.74, 6) is 0. The second-order valence-corrected chi connectivity index (χ2v) is 9.11. The molecule has 0 aliphatic rings. The van der Waals surface area contributed by atoms with Crippen LogP contribution < -0.4 is 0 Å². The third kappa shape index (κ3) is 8.53. The fourth-order valence-corrected chi connectivity index (χ4v) is 3.99. The first kappa shape index (κ1) is 27.1. The first-order valence-corrected chi connectivity index (χ1v) is 12.7. The molecule has 39 heavy (non-hydrogen) atoms. The van der Waals surface area contributed by atoms with Crippen molar-refractivity contribution >= 4 is 35.2 Å². The molecule has 0 N–H and O–H groups in total. The molecule has 0 saturated carbocycles. The highest BCUT2D eigenvalue weighted by atomic mass is 16.6. The number of nitrogens with zero attached hydrogens (tertiary/aromatic N) is 4. The van der Waals surface area contributed by atoms with Crippen LogP contribution in [-0.2, 0) is 12.8 Å². The van der Waals surface area contributed by atoms with Crippen molar-refractivity contribution in [2.24, 2.45) is 9.98 Å². The Balaban J connectivity index is 1.16. The minimum Gasteiger partial charge on any atom is -0.258 e. The molecule has 0 amide bonds. The van der Waals surface area contributed by atoms with Gasteiger partial charge in [0.25, 0.3) is 11.4 Å². The van der Waals surface area contributed by atoms with Crippen LogP contribution in [0.3, 0.4) is 0 Å². The Morgan fingerprint density at radius 1 is 0.513 bits per heavy atom. The highest BCUT2D eigenvalue weighted by Crippen LogP contribution is 2.18. The van der Waals surface area contributed by atoms with Crippen LogP contribution in [0.1, 0.15) is 41.5 Å². The van der Waals surface area contributed by atoms with Gasteiger partial charge in [-0.2, -0.15) is 0 Å². The van der Waals surface area contributed by atoms with E-state index in [9.17, 15) is 20.2 Å². The molecule has 0 radical (unpaired) electrons. The van der Waals surface area contributed by atoms with Crippen LogP contribution in [0.2, 0.25) is 0 Å². The van der Waals surface area contributed by atoms with Crippen LogP contribution in [0.25, 0.3) is 0 Å². The van der Waals surface area contributed by atoms with Gasteiger partial charge in [0.15, 0.2) is 0 Å². The fourth-order valence-electron chi connectivity index (χ4n) is 3.99. The second-order valence-electron chi connectivity index (χ2n) is 9.11. The molecule has 4 aromatic carbocycles. The Morgan fingerprint density at radius 2 is 0.872 bits per heavy atom. The van der Waals surface area contributed by atoms with Gasteiger partial charge in [-0.1, -0.05) is 30.7 Å².